The molecule has 0 amide bonds. The van der Waals surface area contributed by atoms with Crippen LogP contribution in [0.3, 0.4) is 0 Å². The van der Waals surface area contributed by atoms with Gasteiger partial charge in [-0.25, -0.2) is 0 Å². The van der Waals surface area contributed by atoms with Crippen LogP contribution >= 0.6 is 11.6 Å². The molecule has 0 bridgehead atoms. The summed E-state index contributed by atoms with van der Waals surface area (Å²) < 4.78 is 0. The Balaban J connectivity index is 2.11. The van der Waals surface area contributed by atoms with Gasteiger partial charge in [-0.15, -0.1) is 0 Å². The van der Waals surface area contributed by atoms with Crippen LogP contribution in [0.25, 0.3) is 11.1 Å². The highest BCUT2D eigenvalue weighted by molar-refractivity contribution is 6.30. The number of halogens is 1. The first-order valence-corrected chi connectivity index (χ1v) is 6.12. The van der Waals surface area contributed by atoms with Crippen LogP contribution in [0.15, 0.2) is 29.1 Å². The molecule has 1 heterocycles. The zero-order chi connectivity index (χ0) is 12.7. The Morgan fingerprint density at radius 2 is 1.94 bits per heavy atom. The second-order valence-corrected chi connectivity index (χ2v) is 4.87. The van der Waals surface area contributed by atoms with Crippen molar-refractivity contribution < 1.29 is 5.11 Å². The normalized spacial score (nSPS) is 14.7. The molecule has 1 aromatic heterocycles. The quantitative estimate of drug-likeness (QED) is 0.874. The van der Waals surface area contributed by atoms with Crippen LogP contribution in [0.4, 0.5) is 0 Å². The van der Waals surface area contributed by atoms with Gasteiger partial charge in [-0.1, -0.05) is 23.7 Å². The maximum atomic E-state index is 12.0. The van der Waals surface area contributed by atoms with Crippen molar-refractivity contribution in [2.24, 2.45) is 0 Å². The van der Waals surface area contributed by atoms with Gasteiger partial charge in [-0.3, -0.25) is 4.79 Å². The van der Waals surface area contributed by atoms with Crippen LogP contribution in [-0.2, 0) is 0 Å². The van der Waals surface area contributed by atoms with Gasteiger partial charge in [-0.05, 0) is 30.5 Å². The van der Waals surface area contributed by atoms with E-state index in [4.69, 9.17) is 11.6 Å². The summed E-state index contributed by atoms with van der Waals surface area (Å²) in [4.78, 5) is 18.8. The lowest BCUT2D eigenvalue weighted by Crippen LogP contribution is -2.13. The van der Waals surface area contributed by atoms with Crippen molar-refractivity contribution in [3.8, 4) is 17.0 Å². The smallest absolute Gasteiger partial charge is 0.262 e. The molecule has 1 aromatic carbocycles. The van der Waals surface area contributed by atoms with E-state index in [1.165, 1.54) is 0 Å². The highest BCUT2D eigenvalue weighted by Gasteiger charge is 2.27. The molecule has 4 nitrogen and oxygen atoms in total. The summed E-state index contributed by atoms with van der Waals surface area (Å²) in [6.07, 6.45) is 2.03. The summed E-state index contributed by atoms with van der Waals surface area (Å²) in [5, 5.41) is 10.5. The Morgan fingerprint density at radius 3 is 2.50 bits per heavy atom. The fourth-order valence-electron chi connectivity index (χ4n) is 1.91. The molecule has 1 aliphatic carbocycles. The third-order valence-corrected chi connectivity index (χ3v) is 3.27. The molecular weight excluding hydrogens is 252 g/mol. The third kappa shape index (κ3) is 1.99. The van der Waals surface area contributed by atoms with Gasteiger partial charge in [-0.2, -0.15) is 4.98 Å². The van der Waals surface area contributed by atoms with Crippen molar-refractivity contribution in [1.29, 1.82) is 0 Å². The van der Waals surface area contributed by atoms with E-state index in [-0.39, 0.29) is 17.0 Å². The minimum Gasteiger partial charge on any atom is -0.493 e. The molecule has 0 atom stereocenters. The Hall–Kier alpha value is -1.81. The summed E-state index contributed by atoms with van der Waals surface area (Å²) in [6, 6.07) is 6.71. The number of hydrogen-bond donors (Lipinski definition) is 2. The number of hydrogen-bond acceptors (Lipinski definition) is 3. The maximum absolute atomic E-state index is 12.0. The summed E-state index contributed by atoms with van der Waals surface area (Å²) >= 11 is 5.79. The van der Waals surface area contributed by atoms with Crippen molar-refractivity contribution in [3.63, 3.8) is 0 Å². The lowest BCUT2D eigenvalue weighted by atomic mass is 10.1. The average molecular weight is 263 g/mol. The fourth-order valence-corrected chi connectivity index (χ4v) is 2.03. The van der Waals surface area contributed by atoms with Crippen LogP contribution in [0.1, 0.15) is 24.6 Å². The van der Waals surface area contributed by atoms with E-state index in [0.717, 1.165) is 12.8 Å². The Kier molecular flexibility index (Phi) is 2.59. The number of nitrogens with one attached hydrogen (secondary N) is 1. The van der Waals surface area contributed by atoms with Gasteiger partial charge >= 0.3 is 0 Å². The molecule has 3 rings (SSSR count). The van der Waals surface area contributed by atoms with Gasteiger partial charge in [0, 0.05) is 10.9 Å². The zero-order valence-corrected chi connectivity index (χ0v) is 10.2. The number of nitrogens with zero attached hydrogens (tertiary/aromatic N) is 1. The third-order valence-electron chi connectivity index (χ3n) is 3.02. The van der Waals surface area contributed by atoms with Crippen molar-refractivity contribution in [2.75, 3.05) is 0 Å². The van der Waals surface area contributed by atoms with Crippen molar-refractivity contribution in [1.82, 2.24) is 9.97 Å². The SMILES string of the molecule is O=c1[nH]c(C2CC2)nc(O)c1-c1ccc(Cl)cc1. The minimum absolute atomic E-state index is 0.191. The molecule has 0 aliphatic heterocycles. The number of benzene rings is 1. The fraction of sp³-hybridized carbons (Fsp3) is 0.231. The number of rotatable bonds is 2. The monoisotopic (exact) mass is 262 g/mol. The Morgan fingerprint density at radius 1 is 1.28 bits per heavy atom. The molecular formula is C13H11ClN2O2. The van der Waals surface area contributed by atoms with Crippen LogP contribution < -0.4 is 5.56 Å². The standard InChI is InChI=1S/C13H11ClN2O2/c14-9-5-3-7(4-6-9)10-12(17)15-11(8-1-2-8)16-13(10)18/h3-6,8H,1-2H2,(H2,15,16,17,18). The summed E-state index contributed by atoms with van der Waals surface area (Å²) in [5.74, 6) is 0.654. The lowest BCUT2D eigenvalue weighted by Gasteiger charge is -2.05. The highest BCUT2D eigenvalue weighted by Crippen LogP contribution is 2.38. The second kappa shape index (κ2) is 4.14. The first-order valence-electron chi connectivity index (χ1n) is 5.74. The molecule has 18 heavy (non-hydrogen) atoms. The average Bonchev–Trinajstić information content (AvgIpc) is 3.14. The van der Waals surface area contributed by atoms with Crippen LogP contribution in [-0.4, -0.2) is 15.1 Å². The summed E-state index contributed by atoms with van der Waals surface area (Å²) in [6.45, 7) is 0. The first-order chi connectivity index (χ1) is 8.65. The number of H-pyrrole nitrogens is 1. The topological polar surface area (TPSA) is 66.0 Å². The van der Waals surface area contributed by atoms with Crippen LogP contribution in [0, 0.1) is 0 Å². The molecule has 2 aromatic rings. The zero-order valence-electron chi connectivity index (χ0n) is 9.48. The van der Waals surface area contributed by atoms with Crippen LogP contribution in [0.2, 0.25) is 5.02 Å². The van der Waals surface area contributed by atoms with Gasteiger partial charge in [0.05, 0.1) is 0 Å². The number of aromatic hydroxyl groups is 1. The molecule has 1 saturated carbocycles. The lowest BCUT2D eigenvalue weighted by molar-refractivity contribution is 0.450. The minimum atomic E-state index is -0.313. The van der Waals surface area contributed by atoms with Crippen molar-refractivity contribution >= 4 is 11.6 Å². The van der Waals surface area contributed by atoms with Gasteiger partial charge in [0.25, 0.3) is 5.56 Å². The van der Waals surface area contributed by atoms with E-state index in [1.54, 1.807) is 24.3 Å². The summed E-state index contributed by atoms with van der Waals surface area (Å²) in [5.41, 5.74) is 0.482. The maximum Gasteiger partial charge on any atom is 0.262 e. The van der Waals surface area contributed by atoms with Gasteiger partial charge in [0.15, 0.2) is 0 Å². The number of aromatic amines is 1. The molecule has 0 unspecified atom stereocenters. The van der Waals surface area contributed by atoms with Crippen LogP contribution in [0.5, 0.6) is 5.88 Å². The Labute approximate surface area is 108 Å². The van der Waals surface area contributed by atoms with Gasteiger partial charge in [0.2, 0.25) is 5.88 Å². The van der Waals surface area contributed by atoms with E-state index < -0.39 is 0 Å². The van der Waals surface area contributed by atoms with Crippen molar-refractivity contribution in [3.05, 3.63) is 45.5 Å². The van der Waals surface area contributed by atoms with Gasteiger partial charge in [0.1, 0.15) is 11.4 Å². The molecule has 1 aliphatic rings. The molecule has 0 radical (unpaired) electrons. The van der Waals surface area contributed by atoms with E-state index in [1.807, 2.05) is 0 Å². The molecule has 2 N–H and O–H groups in total. The molecule has 0 spiro atoms. The van der Waals surface area contributed by atoms with Gasteiger partial charge < -0.3 is 10.1 Å². The van der Waals surface area contributed by atoms with E-state index >= 15 is 0 Å². The van der Waals surface area contributed by atoms with E-state index in [0.29, 0.717) is 22.3 Å². The highest BCUT2D eigenvalue weighted by atomic mass is 35.5. The Bertz CT molecular complexity index is 645. The second-order valence-electron chi connectivity index (χ2n) is 4.43. The van der Waals surface area contributed by atoms with E-state index in [9.17, 15) is 9.90 Å². The van der Waals surface area contributed by atoms with E-state index in [2.05, 4.69) is 9.97 Å². The largest absolute Gasteiger partial charge is 0.493 e. The molecule has 0 saturated heterocycles. The van der Waals surface area contributed by atoms with Crippen molar-refractivity contribution in [2.45, 2.75) is 18.8 Å². The number of aromatic nitrogens is 2. The molecule has 5 heteroatoms. The predicted octanol–water partition coefficient (Wildman–Crippen LogP) is 2.67. The molecule has 92 valence electrons. The predicted molar refractivity (Wildman–Crippen MR) is 68.9 cm³/mol. The summed E-state index contributed by atoms with van der Waals surface area (Å²) in [7, 11) is 0. The first kappa shape index (κ1) is 11.3. The molecule has 1 fully saturated rings.